The summed E-state index contributed by atoms with van der Waals surface area (Å²) in [7, 11) is 1.95. The molecule has 0 saturated carbocycles. The average molecular weight is 225 g/mol. The number of nitrogens with zero attached hydrogens (tertiary/aromatic N) is 3. The molecule has 3 nitrogen and oxygen atoms in total. The van der Waals surface area contributed by atoms with E-state index in [0.29, 0.717) is 0 Å². The third kappa shape index (κ3) is 1.84. The zero-order valence-corrected chi connectivity index (χ0v) is 10.1. The van der Waals surface area contributed by atoms with Crippen molar-refractivity contribution in [3.63, 3.8) is 0 Å². The Morgan fingerprint density at radius 2 is 2.00 bits per heavy atom. The van der Waals surface area contributed by atoms with Gasteiger partial charge in [-0.15, -0.1) is 0 Å². The minimum atomic E-state index is 0.827. The molecule has 1 aromatic carbocycles. The van der Waals surface area contributed by atoms with Crippen LogP contribution in [0, 0.1) is 6.92 Å². The lowest BCUT2D eigenvalue weighted by molar-refractivity contribution is 0.716. The summed E-state index contributed by atoms with van der Waals surface area (Å²) in [5, 5.41) is 5.69. The number of fused-ring (bicyclic) bond motifs is 1. The fourth-order valence-electron chi connectivity index (χ4n) is 2.15. The molecular formula is C14H15N3. The molecule has 2 heterocycles. The molecule has 0 saturated heterocycles. The lowest BCUT2D eigenvalue weighted by atomic mass is 10.2. The Labute approximate surface area is 100 Å². The third-order valence-electron chi connectivity index (χ3n) is 3.03. The number of aryl methyl sites for hydroxylation is 2. The summed E-state index contributed by atoms with van der Waals surface area (Å²) in [4.78, 5) is 0. The largest absolute Gasteiger partial charge is 0.341 e. The van der Waals surface area contributed by atoms with Gasteiger partial charge in [-0.1, -0.05) is 12.1 Å². The van der Waals surface area contributed by atoms with E-state index in [1.807, 2.05) is 17.9 Å². The Morgan fingerprint density at radius 1 is 1.12 bits per heavy atom. The lowest BCUT2D eigenvalue weighted by Crippen LogP contribution is -1.99. The van der Waals surface area contributed by atoms with Crippen molar-refractivity contribution in [3.05, 3.63) is 54.0 Å². The van der Waals surface area contributed by atoms with Crippen LogP contribution in [-0.4, -0.2) is 14.3 Å². The minimum Gasteiger partial charge on any atom is -0.341 e. The van der Waals surface area contributed by atoms with Crippen molar-refractivity contribution in [2.45, 2.75) is 13.5 Å². The Kier molecular flexibility index (Phi) is 2.25. The molecule has 0 aliphatic carbocycles. The molecule has 0 bridgehead atoms. The summed E-state index contributed by atoms with van der Waals surface area (Å²) in [5.74, 6) is 0. The molecule has 0 unspecified atom stereocenters. The van der Waals surface area contributed by atoms with Crippen molar-refractivity contribution in [2.24, 2.45) is 7.05 Å². The van der Waals surface area contributed by atoms with Crippen molar-refractivity contribution in [2.75, 3.05) is 0 Å². The van der Waals surface area contributed by atoms with Gasteiger partial charge in [-0.2, -0.15) is 5.10 Å². The predicted molar refractivity (Wildman–Crippen MR) is 69.0 cm³/mol. The molecule has 3 heteroatoms. The van der Waals surface area contributed by atoms with Crippen LogP contribution in [0.15, 0.2) is 42.7 Å². The Hall–Kier alpha value is -2.03. The molecule has 3 rings (SSSR count). The van der Waals surface area contributed by atoms with Crippen molar-refractivity contribution in [1.82, 2.24) is 14.3 Å². The van der Waals surface area contributed by atoms with E-state index in [1.165, 1.54) is 16.5 Å². The van der Waals surface area contributed by atoms with Gasteiger partial charge in [-0.05, 0) is 36.1 Å². The van der Waals surface area contributed by atoms with E-state index < -0.39 is 0 Å². The quantitative estimate of drug-likeness (QED) is 0.657. The first-order valence-corrected chi connectivity index (χ1v) is 5.76. The Balaban J connectivity index is 2.03. The smallest absolute Gasteiger partial charge is 0.0821 e. The monoisotopic (exact) mass is 225 g/mol. The molecule has 0 spiro atoms. The fraction of sp³-hybridized carbons (Fsp3) is 0.214. The highest BCUT2D eigenvalue weighted by Gasteiger charge is 2.03. The average Bonchev–Trinajstić information content (AvgIpc) is 2.87. The molecule has 0 amide bonds. The molecule has 2 aromatic heterocycles. The van der Waals surface area contributed by atoms with Gasteiger partial charge in [0.2, 0.25) is 0 Å². The second-order valence-electron chi connectivity index (χ2n) is 4.49. The maximum Gasteiger partial charge on any atom is 0.0821 e. The van der Waals surface area contributed by atoms with Gasteiger partial charge in [0.25, 0.3) is 0 Å². The van der Waals surface area contributed by atoms with Crippen LogP contribution in [0.3, 0.4) is 0 Å². The molecule has 0 atom stereocenters. The van der Waals surface area contributed by atoms with E-state index in [4.69, 9.17) is 0 Å². The minimum absolute atomic E-state index is 0.827. The van der Waals surface area contributed by atoms with Crippen molar-refractivity contribution in [1.29, 1.82) is 0 Å². The molecule has 3 aromatic rings. The van der Waals surface area contributed by atoms with Crippen LogP contribution in [0.5, 0.6) is 0 Å². The summed E-state index contributed by atoms with van der Waals surface area (Å²) >= 11 is 0. The number of rotatable bonds is 2. The van der Waals surface area contributed by atoms with Gasteiger partial charge in [0.05, 0.1) is 12.2 Å². The number of hydrogen-bond acceptors (Lipinski definition) is 1. The van der Waals surface area contributed by atoms with E-state index in [-0.39, 0.29) is 0 Å². The number of hydrogen-bond donors (Lipinski definition) is 0. The predicted octanol–water partition coefficient (Wildman–Crippen LogP) is 2.73. The Morgan fingerprint density at radius 3 is 2.76 bits per heavy atom. The van der Waals surface area contributed by atoms with Gasteiger partial charge in [0, 0.05) is 25.0 Å². The van der Waals surface area contributed by atoms with E-state index in [2.05, 4.69) is 53.1 Å². The summed E-state index contributed by atoms with van der Waals surface area (Å²) in [5.41, 5.74) is 3.65. The molecule has 0 aliphatic rings. The van der Waals surface area contributed by atoms with Gasteiger partial charge < -0.3 is 4.57 Å². The first kappa shape index (κ1) is 10.1. The van der Waals surface area contributed by atoms with Crippen LogP contribution in [0.2, 0.25) is 0 Å². The van der Waals surface area contributed by atoms with Crippen molar-refractivity contribution >= 4 is 10.9 Å². The zero-order valence-electron chi connectivity index (χ0n) is 10.1. The van der Waals surface area contributed by atoms with Gasteiger partial charge >= 0.3 is 0 Å². The van der Waals surface area contributed by atoms with Crippen LogP contribution in [-0.2, 0) is 13.6 Å². The van der Waals surface area contributed by atoms with E-state index in [9.17, 15) is 0 Å². The maximum absolute atomic E-state index is 4.41. The van der Waals surface area contributed by atoms with Crippen LogP contribution < -0.4 is 0 Å². The van der Waals surface area contributed by atoms with Crippen molar-refractivity contribution in [3.8, 4) is 0 Å². The van der Waals surface area contributed by atoms with Crippen molar-refractivity contribution < 1.29 is 0 Å². The zero-order chi connectivity index (χ0) is 11.8. The summed E-state index contributed by atoms with van der Waals surface area (Å²) in [6.45, 7) is 2.95. The first-order chi connectivity index (χ1) is 8.22. The lowest BCUT2D eigenvalue weighted by Gasteiger charge is -2.03. The molecule has 17 heavy (non-hydrogen) atoms. The standard InChI is InChI=1S/C14H15N3/c1-11-3-4-12-5-8-17(14(12)9-11)10-13-6-7-16(2)15-13/h3-9H,10H2,1-2H3. The number of benzene rings is 1. The highest BCUT2D eigenvalue weighted by molar-refractivity contribution is 5.80. The van der Waals surface area contributed by atoms with Gasteiger partial charge in [-0.25, -0.2) is 0 Å². The third-order valence-corrected chi connectivity index (χ3v) is 3.03. The number of aromatic nitrogens is 3. The molecule has 0 radical (unpaired) electrons. The summed E-state index contributed by atoms with van der Waals surface area (Å²) in [6.07, 6.45) is 4.10. The maximum atomic E-state index is 4.41. The summed E-state index contributed by atoms with van der Waals surface area (Å²) in [6, 6.07) is 10.7. The van der Waals surface area contributed by atoms with E-state index in [0.717, 1.165) is 12.2 Å². The van der Waals surface area contributed by atoms with Gasteiger partial charge in [0.15, 0.2) is 0 Å². The SMILES string of the molecule is Cc1ccc2ccn(Cc3ccn(C)n3)c2c1. The van der Waals surface area contributed by atoms with E-state index >= 15 is 0 Å². The highest BCUT2D eigenvalue weighted by Crippen LogP contribution is 2.18. The molecule has 0 aliphatic heterocycles. The van der Waals surface area contributed by atoms with Crippen LogP contribution in [0.25, 0.3) is 10.9 Å². The Bertz CT molecular complexity index is 661. The normalized spacial score (nSPS) is 11.2. The second-order valence-corrected chi connectivity index (χ2v) is 4.49. The van der Waals surface area contributed by atoms with Gasteiger partial charge in [-0.3, -0.25) is 4.68 Å². The first-order valence-electron chi connectivity index (χ1n) is 5.76. The summed E-state index contributed by atoms with van der Waals surface area (Å²) < 4.78 is 4.08. The van der Waals surface area contributed by atoms with E-state index in [1.54, 1.807) is 0 Å². The molecular weight excluding hydrogens is 210 g/mol. The van der Waals surface area contributed by atoms with Crippen LogP contribution in [0.1, 0.15) is 11.3 Å². The topological polar surface area (TPSA) is 22.8 Å². The molecule has 0 fully saturated rings. The molecule has 86 valence electrons. The highest BCUT2D eigenvalue weighted by atomic mass is 15.3. The van der Waals surface area contributed by atoms with Crippen LogP contribution >= 0.6 is 0 Å². The van der Waals surface area contributed by atoms with Gasteiger partial charge in [0.1, 0.15) is 0 Å². The fourth-order valence-corrected chi connectivity index (χ4v) is 2.15. The second kappa shape index (κ2) is 3.77. The van der Waals surface area contributed by atoms with Crippen LogP contribution in [0.4, 0.5) is 0 Å². The molecule has 0 N–H and O–H groups in total.